The van der Waals surface area contributed by atoms with Crippen LogP contribution in [0.4, 0.5) is 8.78 Å². The van der Waals surface area contributed by atoms with E-state index in [9.17, 15) is 8.78 Å². The smallest absolute Gasteiger partial charge is 0.327 e. The third-order valence-electron chi connectivity index (χ3n) is 1.64. The van der Waals surface area contributed by atoms with Crippen molar-refractivity contribution < 1.29 is 8.78 Å². The average molecular weight is 179 g/mol. The van der Waals surface area contributed by atoms with E-state index in [0.717, 1.165) is 0 Å². The van der Waals surface area contributed by atoms with E-state index in [4.69, 9.17) is 11.6 Å². The summed E-state index contributed by atoms with van der Waals surface area (Å²) in [6, 6.07) is 0. The molecule has 0 fully saturated rings. The zero-order chi connectivity index (χ0) is 9.89. The number of alkyl halides is 2. The topological polar surface area (TPSA) is 55.3 Å². The number of hydrogen-bond donors (Lipinski definition) is 2. The van der Waals surface area contributed by atoms with Crippen LogP contribution in [0.15, 0.2) is 11.4 Å². The molecule has 0 unspecified atom stereocenters. The SMILES string of the molecule is C/C(=C(/N)C(C)C)N(N)C(F)F. The zero-order valence-corrected chi connectivity index (χ0v) is 7.51. The molecule has 3 nitrogen and oxygen atoms in total. The maximum absolute atomic E-state index is 12.0. The molecule has 0 aliphatic rings. The second-order valence-corrected chi connectivity index (χ2v) is 2.88. The van der Waals surface area contributed by atoms with E-state index in [1.54, 1.807) is 0 Å². The lowest BCUT2D eigenvalue weighted by molar-refractivity contribution is -0.00493. The number of nitrogens with zero attached hydrogens (tertiary/aromatic N) is 1. The normalized spacial score (nSPS) is 13.7. The van der Waals surface area contributed by atoms with Crippen molar-refractivity contribution in [2.45, 2.75) is 27.3 Å². The Hall–Kier alpha value is -0.840. The molecule has 4 N–H and O–H groups in total. The number of hydrogen-bond acceptors (Lipinski definition) is 3. The lowest BCUT2D eigenvalue weighted by Crippen LogP contribution is -2.36. The first-order valence-electron chi connectivity index (χ1n) is 3.66. The molecule has 0 aliphatic carbocycles. The van der Waals surface area contributed by atoms with Gasteiger partial charge in [-0.2, -0.15) is 8.78 Å². The van der Waals surface area contributed by atoms with E-state index in [1.165, 1.54) is 6.92 Å². The summed E-state index contributed by atoms with van der Waals surface area (Å²) in [5.41, 5.74) is 6.13. The Kier molecular flexibility index (Phi) is 3.95. The highest BCUT2D eigenvalue weighted by Crippen LogP contribution is 2.13. The van der Waals surface area contributed by atoms with Crippen LogP contribution < -0.4 is 11.6 Å². The molecule has 0 amide bonds. The van der Waals surface area contributed by atoms with Gasteiger partial charge in [0.1, 0.15) is 0 Å². The van der Waals surface area contributed by atoms with E-state index in [0.29, 0.717) is 10.7 Å². The molecular formula is C7H15F2N3. The minimum atomic E-state index is -2.71. The van der Waals surface area contributed by atoms with Gasteiger partial charge in [0.15, 0.2) is 0 Å². The van der Waals surface area contributed by atoms with Crippen LogP contribution in [0.25, 0.3) is 0 Å². The van der Waals surface area contributed by atoms with Crippen LogP contribution in [-0.2, 0) is 0 Å². The summed E-state index contributed by atoms with van der Waals surface area (Å²) in [5, 5.41) is 0.370. The predicted octanol–water partition coefficient (Wildman–Crippen LogP) is 1.23. The van der Waals surface area contributed by atoms with E-state index >= 15 is 0 Å². The first-order valence-corrected chi connectivity index (χ1v) is 3.66. The Morgan fingerprint density at radius 1 is 1.33 bits per heavy atom. The summed E-state index contributed by atoms with van der Waals surface area (Å²) in [6.07, 6.45) is 0. The average Bonchev–Trinajstić information content (AvgIpc) is 2.00. The van der Waals surface area contributed by atoms with Crippen LogP contribution in [0.5, 0.6) is 0 Å². The molecule has 12 heavy (non-hydrogen) atoms. The third kappa shape index (κ3) is 2.65. The van der Waals surface area contributed by atoms with Crippen molar-refractivity contribution in [2.75, 3.05) is 0 Å². The Bertz CT molecular complexity index is 177. The Labute approximate surface area is 71.0 Å². The van der Waals surface area contributed by atoms with Crippen LogP contribution >= 0.6 is 0 Å². The molecule has 0 spiro atoms. The van der Waals surface area contributed by atoms with Gasteiger partial charge in [0.2, 0.25) is 0 Å². The number of hydrazine groups is 1. The van der Waals surface area contributed by atoms with Crippen LogP contribution in [-0.4, -0.2) is 11.6 Å². The Morgan fingerprint density at radius 2 is 1.75 bits per heavy atom. The standard InChI is InChI=1S/C7H15F2N3/c1-4(2)6(10)5(3)12(11)7(8)9/h4,7H,10-11H2,1-3H3/b6-5-. The van der Waals surface area contributed by atoms with Gasteiger partial charge < -0.3 is 5.73 Å². The predicted molar refractivity (Wildman–Crippen MR) is 43.8 cm³/mol. The Balaban J connectivity index is 4.54. The van der Waals surface area contributed by atoms with Gasteiger partial charge in [0, 0.05) is 5.70 Å². The van der Waals surface area contributed by atoms with Crippen molar-refractivity contribution in [1.82, 2.24) is 5.01 Å². The lowest BCUT2D eigenvalue weighted by Gasteiger charge is -2.21. The van der Waals surface area contributed by atoms with Crippen molar-refractivity contribution >= 4 is 0 Å². The highest BCUT2D eigenvalue weighted by atomic mass is 19.3. The molecule has 72 valence electrons. The highest BCUT2D eigenvalue weighted by molar-refractivity contribution is 5.08. The largest absolute Gasteiger partial charge is 0.400 e. The molecule has 0 bridgehead atoms. The zero-order valence-electron chi connectivity index (χ0n) is 7.51. The van der Waals surface area contributed by atoms with Crippen molar-refractivity contribution in [2.24, 2.45) is 17.5 Å². The van der Waals surface area contributed by atoms with E-state index in [1.807, 2.05) is 13.8 Å². The Morgan fingerprint density at radius 3 is 2.00 bits per heavy atom. The van der Waals surface area contributed by atoms with Gasteiger partial charge in [-0.1, -0.05) is 13.8 Å². The molecule has 0 atom stereocenters. The van der Waals surface area contributed by atoms with Crippen LogP contribution in [0.1, 0.15) is 20.8 Å². The quantitative estimate of drug-likeness (QED) is 0.389. The van der Waals surface area contributed by atoms with E-state index in [2.05, 4.69) is 0 Å². The summed E-state index contributed by atoms with van der Waals surface area (Å²) < 4.78 is 24.0. The summed E-state index contributed by atoms with van der Waals surface area (Å²) in [4.78, 5) is 0. The monoisotopic (exact) mass is 179 g/mol. The first kappa shape index (κ1) is 11.2. The van der Waals surface area contributed by atoms with Crippen molar-refractivity contribution in [3.8, 4) is 0 Å². The van der Waals surface area contributed by atoms with Gasteiger partial charge >= 0.3 is 6.55 Å². The molecule has 0 aromatic heterocycles. The minimum Gasteiger partial charge on any atom is -0.400 e. The van der Waals surface area contributed by atoms with Crippen molar-refractivity contribution in [3.63, 3.8) is 0 Å². The fraction of sp³-hybridized carbons (Fsp3) is 0.714. The van der Waals surface area contributed by atoms with Gasteiger partial charge in [-0.15, -0.1) is 0 Å². The van der Waals surface area contributed by atoms with Crippen LogP contribution in [0.3, 0.4) is 0 Å². The van der Waals surface area contributed by atoms with Crippen LogP contribution in [0.2, 0.25) is 0 Å². The van der Waals surface area contributed by atoms with Gasteiger partial charge in [0.05, 0.1) is 5.70 Å². The summed E-state index contributed by atoms with van der Waals surface area (Å²) in [5.74, 6) is 5.07. The molecule has 0 saturated carbocycles. The van der Waals surface area contributed by atoms with Crippen molar-refractivity contribution in [1.29, 1.82) is 0 Å². The molecule has 0 radical (unpaired) electrons. The van der Waals surface area contributed by atoms with Crippen LogP contribution in [0, 0.1) is 5.92 Å². The lowest BCUT2D eigenvalue weighted by atomic mass is 10.1. The van der Waals surface area contributed by atoms with Gasteiger partial charge in [-0.25, -0.2) is 5.84 Å². The number of halogens is 2. The summed E-state index contributed by atoms with van der Waals surface area (Å²) in [6.45, 7) is 2.40. The molecule has 0 saturated heterocycles. The number of rotatable bonds is 3. The van der Waals surface area contributed by atoms with E-state index in [-0.39, 0.29) is 11.6 Å². The third-order valence-corrected chi connectivity index (χ3v) is 1.64. The van der Waals surface area contributed by atoms with Crippen molar-refractivity contribution in [3.05, 3.63) is 11.4 Å². The summed E-state index contributed by atoms with van der Waals surface area (Å²) in [7, 11) is 0. The second kappa shape index (κ2) is 4.25. The molecular weight excluding hydrogens is 164 g/mol. The first-order chi connectivity index (χ1) is 5.37. The minimum absolute atomic E-state index is 0.0230. The molecule has 0 heterocycles. The summed E-state index contributed by atoms with van der Waals surface area (Å²) >= 11 is 0. The van der Waals surface area contributed by atoms with E-state index < -0.39 is 6.55 Å². The number of allylic oxidation sites excluding steroid dienone is 2. The second-order valence-electron chi connectivity index (χ2n) is 2.88. The fourth-order valence-electron chi connectivity index (χ4n) is 0.713. The van der Waals surface area contributed by atoms with Gasteiger partial charge in [0.25, 0.3) is 0 Å². The molecule has 0 aliphatic heterocycles. The highest BCUT2D eigenvalue weighted by Gasteiger charge is 2.15. The molecule has 0 aromatic carbocycles. The number of nitrogens with two attached hydrogens (primary N) is 2. The maximum Gasteiger partial charge on any atom is 0.327 e. The van der Waals surface area contributed by atoms with Gasteiger partial charge in [-0.3, -0.25) is 5.01 Å². The maximum atomic E-state index is 12.0. The molecule has 0 rings (SSSR count). The molecule has 5 heteroatoms. The molecule has 0 aromatic rings. The van der Waals surface area contributed by atoms with Gasteiger partial charge in [-0.05, 0) is 12.8 Å². The fourth-order valence-corrected chi connectivity index (χ4v) is 0.713.